The van der Waals surface area contributed by atoms with E-state index in [4.69, 9.17) is 10.5 Å². The predicted octanol–water partition coefficient (Wildman–Crippen LogP) is 2.19. The van der Waals surface area contributed by atoms with Gasteiger partial charge < -0.3 is 10.5 Å². The van der Waals surface area contributed by atoms with Crippen LogP contribution in [-0.2, 0) is 9.53 Å². The summed E-state index contributed by atoms with van der Waals surface area (Å²) in [6.07, 6.45) is 0. The van der Waals surface area contributed by atoms with E-state index in [-0.39, 0.29) is 12.0 Å². The first-order valence-corrected chi connectivity index (χ1v) is 5.30. The van der Waals surface area contributed by atoms with Gasteiger partial charge in [0, 0.05) is 6.04 Å². The quantitative estimate of drug-likeness (QED) is 0.796. The molecular weight excluding hydrogens is 202 g/mol. The summed E-state index contributed by atoms with van der Waals surface area (Å²) in [5.74, 6) is -0.289. The van der Waals surface area contributed by atoms with E-state index < -0.39 is 5.41 Å². The fourth-order valence-corrected chi connectivity index (χ4v) is 1.71. The fourth-order valence-electron chi connectivity index (χ4n) is 1.71. The molecule has 0 aromatic heterocycles. The molecule has 1 aromatic carbocycles. The summed E-state index contributed by atoms with van der Waals surface area (Å²) in [4.78, 5) is 11.7. The molecule has 0 saturated carbocycles. The number of benzene rings is 1. The number of rotatable bonds is 3. The Labute approximate surface area is 96.6 Å². The highest BCUT2D eigenvalue weighted by atomic mass is 16.5. The molecule has 1 aromatic rings. The number of hydrogen-bond acceptors (Lipinski definition) is 3. The number of aryl methyl sites for hydroxylation is 1. The highest BCUT2D eigenvalue weighted by Crippen LogP contribution is 2.33. The Hall–Kier alpha value is -1.35. The molecule has 0 saturated heterocycles. The number of nitrogens with two attached hydrogens (primary N) is 1. The smallest absolute Gasteiger partial charge is 0.313 e. The van der Waals surface area contributed by atoms with Crippen molar-refractivity contribution in [1.82, 2.24) is 0 Å². The molecule has 0 aliphatic heterocycles. The lowest BCUT2D eigenvalue weighted by atomic mass is 9.80. The van der Waals surface area contributed by atoms with E-state index in [9.17, 15) is 4.79 Å². The van der Waals surface area contributed by atoms with Crippen molar-refractivity contribution < 1.29 is 9.53 Å². The third-order valence-corrected chi connectivity index (χ3v) is 3.01. The van der Waals surface area contributed by atoms with E-state index in [0.717, 1.165) is 11.1 Å². The first kappa shape index (κ1) is 12.7. The van der Waals surface area contributed by atoms with Crippen LogP contribution >= 0.6 is 0 Å². The largest absolute Gasteiger partial charge is 0.469 e. The summed E-state index contributed by atoms with van der Waals surface area (Å²) in [7, 11) is 1.38. The van der Waals surface area contributed by atoms with Crippen LogP contribution in [0.3, 0.4) is 0 Å². The molecule has 0 aliphatic rings. The minimum absolute atomic E-state index is 0.289. The van der Waals surface area contributed by atoms with Crippen molar-refractivity contribution in [3.63, 3.8) is 0 Å². The third-order valence-electron chi connectivity index (χ3n) is 3.01. The lowest BCUT2D eigenvalue weighted by Crippen LogP contribution is -2.37. The minimum atomic E-state index is -0.721. The normalized spacial score (nSPS) is 13.3. The molecule has 0 amide bonds. The monoisotopic (exact) mass is 221 g/mol. The molecular formula is C13H19NO2. The van der Waals surface area contributed by atoms with Crippen molar-refractivity contribution in [2.24, 2.45) is 11.1 Å². The van der Waals surface area contributed by atoms with Crippen molar-refractivity contribution in [2.75, 3.05) is 7.11 Å². The molecule has 0 heterocycles. The number of carbonyl (C=O) groups is 1. The standard InChI is InChI=1S/C13H19NO2/c1-9-7-5-6-8-10(9)11(14)13(2,3)12(15)16-4/h5-8,11H,14H2,1-4H3/t11-/m1/s1. The Kier molecular flexibility index (Phi) is 3.70. The number of methoxy groups -OCH3 is 1. The highest BCUT2D eigenvalue weighted by Gasteiger charge is 2.36. The summed E-state index contributed by atoms with van der Waals surface area (Å²) in [6, 6.07) is 7.46. The summed E-state index contributed by atoms with van der Waals surface area (Å²) >= 11 is 0. The van der Waals surface area contributed by atoms with Gasteiger partial charge in [-0.3, -0.25) is 4.79 Å². The van der Waals surface area contributed by atoms with Gasteiger partial charge in [0.05, 0.1) is 12.5 Å². The second-order valence-electron chi connectivity index (χ2n) is 4.55. The predicted molar refractivity (Wildman–Crippen MR) is 63.9 cm³/mol. The van der Waals surface area contributed by atoms with E-state index in [0.29, 0.717) is 0 Å². The highest BCUT2D eigenvalue weighted by molar-refractivity contribution is 5.77. The number of ether oxygens (including phenoxy) is 1. The zero-order valence-electron chi connectivity index (χ0n) is 10.3. The topological polar surface area (TPSA) is 52.3 Å². The van der Waals surface area contributed by atoms with Crippen LogP contribution in [0.25, 0.3) is 0 Å². The Morgan fingerprint density at radius 1 is 1.38 bits per heavy atom. The Morgan fingerprint density at radius 2 is 1.94 bits per heavy atom. The maximum absolute atomic E-state index is 11.7. The van der Waals surface area contributed by atoms with Crippen LogP contribution in [0, 0.1) is 12.3 Å². The van der Waals surface area contributed by atoms with Gasteiger partial charge in [-0.1, -0.05) is 24.3 Å². The molecule has 3 heteroatoms. The Bertz CT molecular complexity index is 385. The number of esters is 1. The van der Waals surface area contributed by atoms with Gasteiger partial charge in [-0.2, -0.15) is 0 Å². The van der Waals surface area contributed by atoms with E-state index in [1.165, 1.54) is 7.11 Å². The van der Waals surface area contributed by atoms with Gasteiger partial charge in [0.25, 0.3) is 0 Å². The SMILES string of the molecule is COC(=O)C(C)(C)[C@H](N)c1ccccc1C. The molecule has 16 heavy (non-hydrogen) atoms. The lowest BCUT2D eigenvalue weighted by molar-refractivity contribution is -0.152. The first-order valence-electron chi connectivity index (χ1n) is 5.30. The van der Waals surface area contributed by atoms with Crippen LogP contribution in [0.4, 0.5) is 0 Å². The van der Waals surface area contributed by atoms with Crippen molar-refractivity contribution in [3.8, 4) is 0 Å². The molecule has 0 fully saturated rings. The molecule has 0 spiro atoms. The van der Waals surface area contributed by atoms with Gasteiger partial charge in [0.1, 0.15) is 0 Å². The number of hydrogen-bond donors (Lipinski definition) is 1. The van der Waals surface area contributed by atoms with Crippen LogP contribution in [0.5, 0.6) is 0 Å². The average Bonchev–Trinajstić information content (AvgIpc) is 2.27. The molecule has 2 N–H and O–H groups in total. The van der Waals surface area contributed by atoms with Crippen LogP contribution in [0.1, 0.15) is 31.0 Å². The molecule has 0 bridgehead atoms. The zero-order valence-corrected chi connectivity index (χ0v) is 10.3. The van der Waals surface area contributed by atoms with Crippen LogP contribution in [0.15, 0.2) is 24.3 Å². The second-order valence-corrected chi connectivity index (χ2v) is 4.55. The number of carbonyl (C=O) groups excluding carboxylic acids is 1. The van der Waals surface area contributed by atoms with E-state index in [1.54, 1.807) is 13.8 Å². The van der Waals surface area contributed by atoms with Gasteiger partial charge in [-0.25, -0.2) is 0 Å². The van der Waals surface area contributed by atoms with Gasteiger partial charge in [-0.15, -0.1) is 0 Å². The zero-order chi connectivity index (χ0) is 12.3. The second kappa shape index (κ2) is 4.66. The Morgan fingerprint density at radius 3 is 2.44 bits per heavy atom. The summed E-state index contributed by atoms with van der Waals surface area (Å²) in [5.41, 5.74) is 7.50. The maximum Gasteiger partial charge on any atom is 0.313 e. The first-order chi connectivity index (χ1) is 7.41. The van der Waals surface area contributed by atoms with Crippen LogP contribution in [-0.4, -0.2) is 13.1 Å². The van der Waals surface area contributed by atoms with Gasteiger partial charge in [-0.05, 0) is 31.9 Å². The molecule has 88 valence electrons. The van der Waals surface area contributed by atoms with Crippen molar-refractivity contribution in [3.05, 3.63) is 35.4 Å². The van der Waals surface area contributed by atoms with Gasteiger partial charge in [0.15, 0.2) is 0 Å². The summed E-state index contributed by atoms with van der Waals surface area (Å²) in [5, 5.41) is 0. The van der Waals surface area contributed by atoms with Crippen LogP contribution in [0.2, 0.25) is 0 Å². The maximum atomic E-state index is 11.7. The fraction of sp³-hybridized carbons (Fsp3) is 0.462. The van der Waals surface area contributed by atoms with E-state index in [2.05, 4.69) is 0 Å². The van der Waals surface area contributed by atoms with Gasteiger partial charge in [0.2, 0.25) is 0 Å². The molecule has 1 atom stereocenters. The van der Waals surface area contributed by atoms with E-state index in [1.807, 2.05) is 31.2 Å². The third kappa shape index (κ3) is 2.25. The Balaban J connectivity index is 3.07. The molecule has 0 aliphatic carbocycles. The van der Waals surface area contributed by atoms with Crippen molar-refractivity contribution in [1.29, 1.82) is 0 Å². The average molecular weight is 221 g/mol. The molecule has 0 radical (unpaired) electrons. The summed E-state index contributed by atoms with van der Waals surface area (Å²) in [6.45, 7) is 5.59. The van der Waals surface area contributed by atoms with Crippen molar-refractivity contribution >= 4 is 5.97 Å². The summed E-state index contributed by atoms with van der Waals surface area (Å²) < 4.78 is 4.78. The molecule has 3 nitrogen and oxygen atoms in total. The van der Waals surface area contributed by atoms with Gasteiger partial charge >= 0.3 is 5.97 Å². The minimum Gasteiger partial charge on any atom is -0.469 e. The van der Waals surface area contributed by atoms with Crippen molar-refractivity contribution in [2.45, 2.75) is 26.8 Å². The lowest BCUT2D eigenvalue weighted by Gasteiger charge is -2.29. The molecule has 0 unspecified atom stereocenters. The van der Waals surface area contributed by atoms with E-state index >= 15 is 0 Å². The van der Waals surface area contributed by atoms with Crippen LogP contribution < -0.4 is 5.73 Å². The molecule has 1 rings (SSSR count).